The lowest BCUT2D eigenvalue weighted by Crippen LogP contribution is -2.55. The fourth-order valence-corrected chi connectivity index (χ4v) is 5.43. The molecule has 5 rings (SSSR count). The molecule has 3 aliphatic heterocycles. The van der Waals surface area contributed by atoms with Crippen molar-refractivity contribution in [1.29, 1.82) is 0 Å². The molecule has 0 aromatic heterocycles. The predicted octanol–water partition coefficient (Wildman–Crippen LogP) is 1.55. The molecule has 0 saturated carbocycles. The van der Waals surface area contributed by atoms with Gasteiger partial charge >= 0.3 is 0 Å². The van der Waals surface area contributed by atoms with Gasteiger partial charge in [0.15, 0.2) is 11.5 Å². The number of hydrogen-bond donors (Lipinski definition) is 0. The molecule has 1 atom stereocenters. The Morgan fingerprint density at radius 1 is 1.04 bits per heavy atom. The third kappa shape index (κ3) is 2.59. The topological polar surface area (TPSA) is 76.2 Å². The second-order valence-electron chi connectivity index (χ2n) is 6.86. The number of benzene rings is 2. The van der Waals surface area contributed by atoms with Crippen LogP contribution in [0.15, 0.2) is 47.4 Å². The largest absolute Gasteiger partial charge is 0.454 e. The molecular formula is C19H18N2O5S. The van der Waals surface area contributed by atoms with Gasteiger partial charge in [-0.1, -0.05) is 24.3 Å². The average Bonchev–Trinajstić information content (AvgIpc) is 3.15. The van der Waals surface area contributed by atoms with Crippen molar-refractivity contribution in [2.45, 2.75) is 17.4 Å². The molecule has 3 heterocycles. The molecule has 3 aliphatic rings. The second kappa shape index (κ2) is 5.97. The molecule has 1 saturated heterocycles. The minimum atomic E-state index is -3.82. The van der Waals surface area contributed by atoms with Crippen LogP contribution in [0.25, 0.3) is 0 Å². The highest BCUT2D eigenvalue weighted by atomic mass is 32.2. The number of sulfonamides is 1. The highest BCUT2D eigenvalue weighted by Crippen LogP contribution is 2.37. The normalized spacial score (nSPS) is 21.7. The summed E-state index contributed by atoms with van der Waals surface area (Å²) in [4.78, 5) is 14.6. The Hall–Kier alpha value is -2.58. The summed E-state index contributed by atoms with van der Waals surface area (Å²) in [6.45, 7) is 0.808. The molecule has 2 aromatic carbocycles. The molecule has 27 heavy (non-hydrogen) atoms. The van der Waals surface area contributed by atoms with Crippen molar-refractivity contribution in [3.05, 3.63) is 53.6 Å². The van der Waals surface area contributed by atoms with Crippen LogP contribution in [0, 0.1) is 0 Å². The number of hydrogen-bond acceptors (Lipinski definition) is 5. The maximum atomic E-state index is 13.2. The molecule has 0 N–H and O–H groups in total. The third-order valence-electron chi connectivity index (χ3n) is 5.40. The first-order chi connectivity index (χ1) is 13.0. The van der Waals surface area contributed by atoms with E-state index in [0.29, 0.717) is 18.0 Å². The smallest absolute Gasteiger partial charge is 0.243 e. The summed E-state index contributed by atoms with van der Waals surface area (Å²) in [5.41, 5.74) is 2.21. The van der Waals surface area contributed by atoms with E-state index >= 15 is 0 Å². The number of rotatable bonds is 2. The maximum absolute atomic E-state index is 13.2. The number of piperazine rings is 1. The lowest BCUT2D eigenvalue weighted by molar-refractivity contribution is -0.138. The SMILES string of the molecule is O=C1CN(S(=O)(=O)c2ccc3c(c2)OCO3)C[C@@H]2c3ccccc3CCN12. The van der Waals surface area contributed by atoms with Crippen LogP contribution in [-0.4, -0.2) is 50.0 Å². The number of carbonyl (C=O) groups is 1. The molecule has 0 aliphatic carbocycles. The van der Waals surface area contributed by atoms with E-state index in [-0.39, 0.29) is 36.7 Å². The van der Waals surface area contributed by atoms with Gasteiger partial charge < -0.3 is 14.4 Å². The quantitative estimate of drug-likeness (QED) is 0.783. The van der Waals surface area contributed by atoms with E-state index in [0.717, 1.165) is 12.0 Å². The van der Waals surface area contributed by atoms with E-state index in [1.807, 2.05) is 24.3 Å². The highest BCUT2D eigenvalue weighted by molar-refractivity contribution is 7.89. The van der Waals surface area contributed by atoms with Gasteiger partial charge in [-0.15, -0.1) is 0 Å². The first kappa shape index (κ1) is 16.6. The lowest BCUT2D eigenvalue weighted by atomic mass is 9.91. The Labute approximate surface area is 157 Å². The molecule has 7 nitrogen and oxygen atoms in total. The number of amides is 1. The van der Waals surface area contributed by atoms with E-state index < -0.39 is 10.0 Å². The molecule has 140 valence electrons. The van der Waals surface area contributed by atoms with E-state index in [9.17, 15) is 13.2 Å². The van der Waals surface area contributed by atoms with Crippen LogP contribution in [0.2, 0.25) is 0 Å². The van der Waals surface area contributed by atoms with Crippen molar-refractivity contribution in [2.24, 2.45) is 0 Å². The van der Waals surface area contributed by atoms with Crippen molar-refractivity contribution in [2.75, 3.05) is 26.4 Å². The van der Waals surface area contributed by atoms with Gasteiger partial charge in [0.05, 0.1) is 17.5 Å². The zero-order valence-electron chi connectivity index (χ0n) is 14.5. The first-order valence-electron chi connectivity index (χ1n) is 8.81. The minimum Gasteiger partial charge on any atom is -0.454 e. The Balaban J connectivity index is 1.50. The summed E-state index contributed by atoms with van der Waals surface area (Å²) in [7, 11) is -3.82. The molecule has 2 aromatic rings. The zero-order valence-corrected chi connectivity index (χ0v) is 15.3. The van der Waals surface area contributed by atoms with E-state index in [2.05, 4.69) is 0 Å². The molecular weight excluding hydrogens is 368 g/mol. The Kier molecular flexibility index (Phi) is 3.66. The monoisotopic (exact) mass is 386 g/mol. The van der Waals surface area contributed by atoms with Gasteiger partial charge in [0, 0.05) is 19.2 Å². The lowest BCUT2D eigenvalue weighted by Gasteiger charge is -2.44. The summed E-state index contributed by atoms with van der Waals surface area (Å²) in [5.74, 6) is 0.769. The average molecular weight is 386 g/mol. The minimum absolute atomic E-state index is 0.0782. The van der Waals surface area contributed by atoms with E-state index in [1.54, 1.807) is 11.0 Å². The molecule has 1 amide bonds. The first-order valence-corrected chi connectivity index (χ1v) is 10.2. The summed E-state index contributed by atoms with van der Waals surface area (Å²) in [5, 5.41) is 0. The second-order valence-corrected chi connectivity index (χ2v) is 8.80. The van der Waals surface area contributed by atoms with Gasteiger partial charge in [-0.25, -0.2) is 8.42 Å². The molecule has 0 bridgehead atoms. The van der Waals surface area contributed by atoms with Crippen LogP contribution in [0.3, 0.4) is 0 Å². The van der Waals surface area contributed by atoms with Gasteiger partial charge in [-0.05, 0) is 29.7 Å². The van der Waals surface area contributed by atoms with Gasteiger partial charge in [0.25, 0.3) is 0 Å². The number of ether oxygens (including phenoxy) is 2. The number of fused-ring (bicyclic) bond motifs is 4. The zero-order chi connectivity index (χ0) is 18.6. The number of nitrogens with zero attached hydrogens (tertiary/aromatic N) is 2. The van der Waals surface area contributed by atoms with Crippen molar-refractivity contribution < 1.29 is 22.7 Å². The molecule has 0 radical (unpaired) electrons. The predicted molar refractivity (Wildman–Crippen MR) is 95.9 cm³/mol. The Morgan fingerprint density at radius 2 is 1.85 bits per heavy atom. The molecule has 1 fully saturated rings. The van der Waals surface area contributed by atoms with Crippen LogP contribution in [0.1, 0.15) is 17.2 Å². The van der Waals surface area contributed by atoms with E-state index in [4.69, 9.17) is 9.47 Å². The molecule has 0 spiro atoms. The molecule has 8 heteroatoms. The van der Waals surface area contributed by atoms with Crippen LogP contribution >= 0.6 is 0 Å². The Bertz CT molecular complexity index is 1040. The standard InChI is InChI=1S/C19H18N2O5S/c22-19-11-20(10-16-15-4-2-1-3-13(15)7-8-21(16)19)27(23,24)14-5-6-17-18(9-14)26-12-25-17/h1-6,9,16H,7-8,10-12H2/t16-/m1/s1. The summed E-state index contributed by atoms with van der Waals surface area (Å²) < 4.78 is 38.2. The van der Waals surface area contributed by atoms with Gasteiger partial charge in [0.1, 0.15) is 0 Å². The summed E-state index contributed by atoms with van der Waals surface area (Å²) in [6.07, 6.45) is 0.799. The van der Waals surface area contributed by atoms with Crippen LogP contribution < -0.4 is 9.47 Å². The van der Waals surface area contributed by atoms with Gasteiger partial charge in [0.2, 0.25) is 22.7 Å². The van der Waals surface area contributed by atoms with Crippen molar-refractivity contribution in [3.8, 4) is 11.5 Å². The van der Waals surface area contributed by atoms with E-state index in [1.165, 1.54) is 22.0 Å². The van der Waals surface area contributed by atoms with Crippen molar-refractivity contribution in [3.63, 3.8) is 0 Å². The fraction of sp³-hybridized carbons (Fsp3) is 0.316. The third-order valence-corrected chi connectivity index (χ3v) is 7.21. The summed E-state index contributed by atoms with van der Waals surface area (Å²) >= 11 is 0. The van der Waals surface area contributed by atoms with Crippen LogP contribution in [0.5, 0.6) is 11.5 Å². The fourth-order valence-electron chi connectivity index (χ4n) is 4.02. The Morgan fingerprint density at radius 3 is 2.74 bits per heavy atom. The van der Waals surface area contributed by atoms with Crippen molar-refractivity contribution in [1.82, 2.24) is 9.21 Å². The van der Waals surface area contributed by atoms with Gasteiger partial charge in [-0.2, -0.15) is 4.31 Å². The number of carbonyl (C=O) groups excluding carboxylic acids is 1. The van der Waals surface area contributed by atoms with Crippen molar-refractivity contribution >= 4 is 15.9 Å². The van der Waals surface area contributed by atoms with Crippen LogP contribution in [-0.2, 0) is 21.2 Å². The van der Waals surface area contributed by atoms with Crippen LogP contribution in [0.4, 0.5) is 0 Å². The highest BCUT2D eigenvalue weighted by Gasteiger charge is 2.41. The summed E-state index contributed by atoms with van der Waals surface area (Å²) in [6, 6.07) is 12.2. The molecule has 0 unspecified atom stereocenters. The van der Waals surface area contributed by atoms with Gasteiger partial charge in [-0.3, -0.25) is 4.79 Å². The maximum Gasteiger partial charge on any atom is 0.243 e.